The Balaban J connectivity index is 2.63. The average Bonchev–Trinajstić information content (AvgIpc) is 2.23. The second-order valence-corrected chi connectivity index (χ2v) is 3.43. The molecule has 84 valence electrons. The van der Waals surface area contributed by atoms with Crippen molar-refractivity contribution < 1.29 is 19.1 Å². The number of likely N-dealkylation sites (N-methyl/N-ethyl adjacent to an activating group) is 1. The largest absolute Gasteiger partial charge is 0.465 e. The molecule has 0 unspecified atom stereocenters. The van der Waals surface area contributed by atoms with Gasteiger partial charge in [0.2, 0.25) is 5.91 Å². The highest BCUT2D eigenvalue weighted by atomic mass is 19.1. The molecule has 0 saturated heterocycles. The Labute approximate surface area is 90.7 Å². The second kappa shape index (κ2) is 3.48. The van der Waals surface area contributed by atoms with Gasteiger partial charge in [-0.05, 0) is 12.1 Å². The van der Waals surface area contributed by atoms with Crippen molar-refractivity contribution in [3.8, 4) is 0 Å². The lowest BCUT2D eigenvalue weighted by atomic mass is 10.1. The molecule has 0 radical (unpaired) electrons. The first-order valence-corrected chi connectivity index (χ1v) is 4.58. The molecule has 0 aromatic heterocycles. The quantitative estimate of drug-likeness (QED) is 0.722. The van der Waals surface area contributed by atoms with Gasteiger partial charge in [0.15, 0.2) is 0 Å². The van der Waals surface area contributed by atoms with E-state index in [0.29, 0.717) is 4.90 Å². The molecule has 5 nitrogen and oxygen atoms in total. The van der Waals surface area contributed by atoms with Crippen molar-refractivity contribution >= 4 is 23.4 Å². The number of halogens is 1. The van der Waals surface area contributed by atoms with Crippen molar-refractivity contribution in [2.45, 2.75) is 0 Å². The summed E-state index contributed by atoms with van der Waals surface area (Å²) in [6.45, 7) is -0.361. The van der Waals surface area contributed by atoms with Crippen LogP contribution in [0.25, 0.3) is 0 Å². The number of hydrogen-bond donors (Lipinski definition) is 1. The fourth-order valence-corrected chi connectivity index (χ4v) is 1.66. The molecule has 0 bridgehead atoms. The Bertz CT molecular complexity index is 475. The molecule has 1 aromatic carbocycles. The average molecular weight is 224 g/mol. The van der Waals surface area contributed by atoms with Crippen LogP contribution in [0.1, 0.15) is 0 Å². The standard InChI is InChI=1S/C10H9FN2O3/c1-12-7-4-2-3-6(11)9(7)13(10(15)16)5-8(12)14/h2-4H,5H2,1H3,(H,15,16). The molecular formula is C10H9FN2O3. The number of carbonyl (C=O) groups excluding carboxylic acids is 1. The number of anilines is 2. The Kier molecular flexibility index (Phi) is 2.26. The van der Waals surface area contributed by atoms with Gasteiger partial charge in [0.1, 0.15) is 18.0 Å². The molecule has 0 aliphatic carbocycles. The third kappa shape index (κ3) is 1.39. The predicted octanol–water partition coefficient (Wildman–Crippen LogP) is 1.29. The summed E-state index contributed by atoms with van der Waals surface area (Å²) >= 11 is 0. The first kappa shape index (κ1) is 10.4. The molecule has 1 aliphatic rings. The molecule has 1 N–H and O–H groups in total. The molecule has 1 aromatic rings. The van der Waals surface area contributed by atoms with Gasteiger partial charge in [0, 0.05) is 7.05 Å². The van der Waals surface area contributed by atoms with Crippen LogP contribution in [0.4, 0.5) is 20.6 Å². The Morgan fingerprint density at radius 3 is 2.81 bits per heavy atom. The molecule has 0 fully saturated rings. The Hall–Kier alpha value is -2.11. The maximum absolute atomic E-state index is 13.5. The van der Waals surface area contributed by atoms with Crippen LogP contribution >= 0.6 is 0 Å². The maximum Gasteiger partial charge on any atom is 0.412 e. The molecular weight excluding hydrogens is 215 g/mol. The van der Waals surface area contributed by atoms with Crippen LogP contribution in [-0.4, -0.2) is 30.7 Å². The molecule has 16 heavy (non-hydrogen) atoms. The molecule has 0 spiro atoms. The summed E-state index contributed by atoms with van der Waals surface area (Å²) in [5.74, 6) is -1.04. The Morgan fingerprint density at radius 2 is 2.19 bits per heavy atom. The smallest absolute Gasteiger partial charge is 0.412 e. The highest BCUT2D eigenvalue weighted by molar-refractivity contribution is 6.09. The van der Waals surface area contributed by atoms with Gasteiger partial charge in [-0.25, -0.2) is 9.18 Å². The van der Waals surface area contributed by atoms with Crippen molar-refractivity contribution in [1.82, 2.24) is 0 Å². The number of fused-ring (bicyclic) bond motifs is 1. The molecule has 2 amide bonds. The van der Waals surface area contributed by atoms with Gasteiger partial charge in [-0.3, -0.25) is 9.69 Å². The number of rotatable bonds is 0. The lowest BCUT2D eigenvalue weighted by Crippen LogP contribution is -2.46. The number of carboxylic acid groups (broad SMARTS) is 1. The number of nitrogens with zero attached hydrogens (tertiary/aromatic N) is 2. The van der Waals surface area contributed by atoms with E-state index in [1.54, 1.807) is 0 Å². The lowest BCUT2D eigenvalue weighted by molar-refractivity contribution is -0.117. The van der Waals surface area contributed by atoms with E-state index in [4.69, 9.17) is 5.11 Å². The highest BCUT2D eigenvalue weighted by Crippen LogP contribution is 2.34. The fraction of sp³-hybridized carbons (Fsp3) is 0.200. The third-order valence-electron chi connectivity index (χ3n) is 2.50. The summed E-state index contributed by atoms with van der Waals surface area (Å²) in [6.07, 6.45) is -1.34. The molecule has 0 atom stereocenters. The van der Waals surface area contributed by atoms with E-state index in [9.17, 15) is 14.0 Å². The highest BCUT2D eigenvalue weighted by Gasteiger charge is 2.32. The van der Waals surface area contributed by atoms with Crippen molar-refractivity contribution in [1.29, 1.82) is 0 Å². The van der Waals surface area contributed by atoms with Crippen LogP contribution in [0.3, 0.4) is 0 Å². The minimum atomic E-state index is -1.34. The number of benzene rings is 1. The van der Waals surface area contributed by atoms with E-state index in [1.165, 1.54) is 30.1 Å². The maximum atomic E-state index is 13.5. The normalized spacial score (nSPS) is 15.0. The topological polar surface area (TPSA) is 60.9 Å². The van der Waals surface area contributed by atoms with E-state index in [0.717, 1.165) is 0 Å². The van der Waals surface area contributed by atoms with E-state index >= 15 is 0 Å². The van der Waals surface area contributed by atoms with Gasteiger partial charge < -0.3 is 10.0 Å². The zero-order chi connectivity index (χ0) is 11.9. The van der Waals surface area contributed by atoms with Crippen molar-refractivity contribution in [3.63, 3.8) is 0 Å². The third-order valence-corrected chi connectivity index (χ3v) is 2.50. The summed E-state index contributed by atoms with van der Waals surface area (Å²) in [4.78, 5) is 24.4. The SMILES string of the molecule is CN1C(=O)CN(C(=O)O)c2c(F)cccc21. The minimum absolute atomic E-state index is 0.0721. The number of hydrogen-bond acceptors (Lipinski definition) is 2. The van der Waals surface area contributed by atoms with Gasteiger partial charge in [-0.2, -0.15) is 0 Å². The van der Waals surface area contributed by atoms with Crippen molar-refractivity contribution in [2.75, 3.05) is 23.4 Å². The molecule has 0 saturated carbocycles. The van der Waals surface area contributed by atoms with E-state index in [2.05, 4.69) is 0 Å². The van der Waals surface area contributed by atoms with Crippen LogP contribution in [-0.2, 0) is 4.79 Å². The lowest BCUT2D eigenvalue weighted by Gasteiger charge is -2.32. The summed E-state index contributed by atoms with van der Waals surface area (Å²) in [6, 6.07) is 4.10. The van der Waals surface area contributed by atoms with E-state index in [-0.39, 0.29) is 23.8 Å². The first-order chi connectivity index (χ1) is 7.52. The summed E-state index contributed by atoms with van der Waals surface area (Å²) in [5.41, 5.74) is 0.191. The van der Waals surface area contributed by atoms with E-state index in [1.807, 2.05) is 0 Å². The van der Waals surface area contributed by atoms with Crippen LogP contribution in [0, 0.1) is 5.82 Å². The summed E-state index contributed by atoms with van der Waals surface area (Å²) < 4.78 is 13.5. The number of amides is 2. The van der Waals surface area contributed by atoms with Gasteiger partial charge in [-0.1, -0.05) is 6.07 Å². The van der Waals surface area contributed by atoms with Crippen LogP contribution in [0.15, 0.2) is 18.2 Å². The molecule has 2 rings (SSSR count). The van der Waals surface area contributed by atoms with Gasteiger partial charge in [-0.15, -0.1) is 0 Å². The second-order valence-electron chi connectivity index (χ2n) is 3.43. The van der Waals surface area contributed by atoms with E-state index < -0.39 is 11.9 Å². The monoisotopic (exact) mass is 224 g/mol. The number of para-hydroxylation sites is 1. The minimum Gasteiger partial charge on any atom is -0.465 e. The summed E-state index contributed by atoms with van der Waals surface area (Å²) in [7, 11) is 1.49. The van der Waals surface area contributed by atoms with Gasteiger partial charge in [0.05, 0.1) is 5.69 Å². The van der Waals surface area contributed by atoms with Crippen molar-refractivity contribution in [2.24, 2.45) is 0 Å². The fourth-order valence-electron chi connectivity index (χ4n) is 1.66. The zero-order valence-corrected chi connectivity index (χ0v) is 8.48. The Morgan fingerprint density at radius 1 is 1.50 bits per heavy atom. The first-order valence-electron chi connectivity index (χ1n) is 4.58. The predicted molar refractivity (Wildman–Crippen MR) is 55.2 cm³/mol. The van der Waals surface area contributed by atoms with Crippen LogP contribution in [0.2, 0.25) is 0 Å². The molecule has 1 heterocycles. The van der Waals surface area contributed by atoms with Crippen LogP contribution in [0.5, 0.6) is 0 Å². The molecule has 1 aliphatic heterocycles. The zero-order valence-electron chi connectivity index (χ0n) is 8.48. The summed E-state index contributed by atoms with van der Waals surface area (Å²) in [5, 5.41) is 8.90. The van der Waals surface area contributed by atoms with Crippen molar-refractivity contribution in [3.05, 3.63) is 24.0 Å². The van der Waals surface area contributed by atoms with Gasteiger partial charge in [0.25, 0.3) is 0 Å². The molecule has 6 heteroatoms. The number of carbonyl (C=O) groups is 2. The van der Waals surface area contributed by atoms with Gasteiger partial charge >= 0.3 is 6.09 Å². The van der Waals surface area contributed by atoms with Crippen LogP contribution < -0.4 is 9.80 Å².